The number of aliphatic hydroxyl groups excluding tert-OH is 1. The average molecular weight is 226 g/mol. The molecule has 5 heteroatoms. The Balaban J connectivity index is 2.60. The summed E-state index contributed by atoms with van der Waals surface area (Å²) in [4.78, 5) is 26.4. The van der Waals surface area contributed by atoms with Crippen LogP contribution in [0.1, 0.15) is 6.42 Å². The highest BCUT2D eigenvalue weighted by Gasteiger charge is 2.34. The maximum absolute atomic E-state index is 12.0. The summed E-state index contributed by atoms with van der Waals surface area (Å²) in [5.74, 6) is -0.350. The number of hydrogen-bond acceptors (Lipinski definition) is 3. The molecule has 1 unspecified atom stereocenters. The van der Waals surface area contributed by atoms with Crippen LogP contribution in [0.5, 0.6) is 0 Å². The van der Waals surface area contributed by atoms with Crippen molar-refractivity contribution >= 4 is 11.8 Å². The second-order valence-electron chi connectivity index (χ2n) is 3.97. The summed E-state index contributed by atoms with van der Waals surface area (Å²) >= 11 is 0. The van der Waals surface area contributed by atoms with E-state index in [1.807, 2.05) is 0 Å². The minimum atomic E-state index is -0.274. The molecular weight excluding hydrogens is 208 g/mol. The van der Waals surface area contributed by atoms with Gasteiger partial charge in [0.25, 0.3) is 0 Å². The van der Waals surface area contributed by atoms with Crippen LogP contribution >= 0.6 is 0 Å². The molecule has 1 saturated heterocycles. The summed E-state index contributed by atoms with van der Waals surface area (Å²) in [7, 11) is 1.69. The van der Waals surface area contributed by atoms with E-state index in [0.717, 1.165) is 0 Å². The first-order valence-electron chi connectivity index (χ1n) is 5.34. The predicted octanol–water partition coefficient (Wildman–Crippen LogP) is -0.528. The molecule has 16 heavy (non-hydrogen) atoms. The van der Waals surface area contributed by atoms with Crippen LogP contribution in [0.4, 0.5) is 0 Å². The van der Waals surface area contributed by atoms with Gasteiger partial charge in [0.1, 0.15) is 0 Å². The molecule has 1 atom stereocenters. The maximum Gasteiger partial charge on any atom is 0.228 e. The molecule has 1 heterocycles. The lowest BCUT2D eigenvalue weighted by atomic mass is 10.1. The van der Waals surface area contributed by atoms with E-state index in [9.17, 15) is 9.59 Å². The van der Waals surface area contributed by atoms with Gasteiger partial charge in [0, 0.05) is 33.1 Å². The van der Waals surface area contributed by atoms with Crippen molar-refractivity contribution < 1.29 is 14.7 Å². The minimum absolute atomic E-state index is 0.000835. The number of carbonyl (C=O) groups is 2. The normalized spacial score (nSPS) is 20.0. The summed E-state index contributed by atoms with van der Waals surface area (Å²) in [5, 5.41) is 8.85. The molecule has 1 N–H and O–H groups in total. The molecule has 0 aromatic heterocycles. The van der Waals surface area contributed by atoms with Gasteiger partial charge in [-0.05, 0) is 0 Å². The van der Waals surface area contributed by atoms with Crippen LogP contribution in [-0.4, -0.2) is 60.0 Å². The lowest BCUT2D eigenvalue weighted by molar-refractivity contribution is -0.135. The highest BCUT2D eigenvalue weighted by molar-refractivity contribution is 5.89. The van der Waals surface area contributed by atoms with Crippen molar-refractivity contribution in [2.75, 3.05) is 33.3 Å². The van der Waals surface area contributed by atoms with Crippen molar-refractivity contribution in [2.24, 2.45) is 5.92 Å². The molecule has 0 saturated carbocycles. The minimum Gasteiger partial charge on any atom is -0.395 e. The lowest BCUT2D eigenvalue weighted by Crippen LogP contribution is -2.39. The fraction of sp³-hybridized carbons (Fsp3) is 0.636. The Kier molecular flexibility index (Phi) is 4.49. The summed E-state index contributed by atoms with van der Waals surface area (Å²) in [6.45, 7) is 4.67. The highest BCUT2D eigenvalue weighted by Crippen LogP contribution is 2.18. The molecule has 0 aromatic rings. The average Bonchev–Trinajstić information content (AvgIpc) is 2.58. The third kappa shape index (κ3) is 2.82. The van der Waals surface area contributed by atoms with Crippen LogP contribution in [0.25, 0.3) is 0 Å². The molecule has 1 rings (SSSR count). The van der Waals surface area contributed by atoms with Gasteiger partial charge >= 0.3 is 0 Å². The molecule has 0 bridgehead atoms. The maximum atomic E-state index is 12.0. The van der Waals surface area contributed by atoms with Crippen molar-refractivity contribution in [3.63, 3.8) is 0 Å². The van der Waals surface area contributed by atoms with E-state index >= 15 is 0 Å². The van der Waals surface area contributed by atoms with E-state index in [1.165, 1.54) is 4.90 Å². The van der Waals surface area contributed by atoms with Gasteiger partial charge in [0.2, 0.25) is 11.8 Å². The molecular formula is C11H18N2O3. The van der Waals surface area contributed by atoms with E-state index in [2.05, 4.69) is 6.58 Å². The van der Waals surface area contributed by atoms with Crippen molar-refractivity contribution in [3.05, 3.63) is 12.7 Å². The zero-order valence-electron chi connectivity index (χ0n) is 9.56. The molecule has 0 aliphatic carbocycles. The Hall–Kier alpha value is -1.36. The number of hydrogen-bond donors (Lipinski definition) is 1. The Morgan fingerprint density at radius 2 is 2.44 bits per heavy atom. The summed E-state index contributed by atoms with van der Waals surface area (Å²) in [6, 6.07) is 0. The number of nitrogens with zero attached hydrogens (tertiary/aromatic N) is 2. The summed E-state index contributed by atoms with van der Waals surface area (Å²) < 4.78 is 0. The predicted molar refractivity (Wildman–Crippen MR) is 59.6 cm³/mol. The molecule has 1 aliphatic heterocycles. The Labute approximate surface area is 95.3 Å². The molecule has 1 fully saturated rings. The van der Waals surface area contributed by atoms with Gasteiger partial charge in [0.15, 0.2) is 0 Å². The van der Waals surface area contributed by atoms with Crippen LogP contribution in [-0.2, 0) is 9.59 Å². The second-order valence-corrected chi connectivity index (χ2v) is 3.97. The van der Waals surface area contributed by atoms with Gasteiger partial charge in [-0.3, -0.25) is 9.59 Å². The Morgan fingerprint density at radius 3 is 2.88 bits per heavy atom. The first-order valence-corrected chi connectivity index (χ1v) is 5.34. The van der Waals surface area contributed by atoms with Gasteiger partial charge < -0.3 is 14.9 Å². The fourth-order valence-electron chi connectivity index (χ4n) is 1.86. The summed E-state index contributed by atoms with van der Waals surface area (Å²) in [5.41, 5.74) is 0. The van der Waals surface area contributed by atoms with E-state index in [0.29, 0.717) is 19.6 Å². The molecule has 90 valence electrons. The topological polar surface area (TPSA) is 60.9 Å². The largest absolute Gasteiger partial charge is 0.395 e. The van der Waals surface area contributed by atoms with Crippen LogP contribution in [0.15, 0.2) is 12.7 Å². The van der Waals surface area contributed by atoms with Gasteiger partial charge in [-0.2, -0.15) is 0 Å². The SMILES string of the molecule is C=CCN(CCO)C(=O)C1CC(=O)N(C)C1. The van der Waals surface area contributed by atoms with Gasteiger partial charge in [-0.1, -0.05) is 6.08 Å². The van der Waals surface area contributed by atoms with Gasteiger partial charge in [0.05, 0.1) is 12.5 Å². The number of carbonyl (C=O) groups excluding carboxylic acids is 2. The first-order chi connectivity index (χ1) is 7.60. The fourth-order valence-corrected chi connectivity index (χ4v) is 1.86. The van der Waals surface area contributed by atoms with Crippen molar-refractivity contribution in [3.8, 4) is 0 Å². The second kappa shape index (κ2) is 5.65. The van der Waals surface area contributed by atoms with Gasteiger partial charge in [-0.15, -0.1) is 6.58 Å². The molecule has 5 nitrogen and oxygen atoms in total. The van der Waals surface area contributed by atoms with Crippen LogP contribution in [0.2, 0.25) is 0 Å². The third-order valence-electron chi connectivity index (χ3n) is 2.72. The van der Waals surface area contributed by atoms with Crippen LogP contribution < -0.4 is 0 Å². The number of aliphatic hydroxyl groups is 1. The molecule has 2 amide bonds. The highest BCUT2D eigenvalue weighted by atomic mass is 16.3. The number of likely N-dealkylation sites (tertiary alicyclic amines) is 1. The number of rotatable bonds is 5. The summed E-state index contributed by atoms with van der Waals surface area (Å²) in [6.07, 6.45) is 1.89. The zero-order chi connectivity index (χ0) is 12.1. The van der Waals surface area contributed by atoms with Crippen LogP contribution in [0, 0.1) is 5.92 Å². The van der Waals surface area contributed by atoms with E-state index in [4.69, 9.17) is 5.11 Å². The first kappa shape index (κ1) is 12.7. The van der Waals surface area contributed by atoms with E-state index < -0.39 is 0 Å². The van der Waals surface area contributed by atoms with Gasteiger partial charge in [-0.25, -0.2) is 0 Å². The molecule has 0 radical (unpaired) electrons. The van der Waals surface area contributed by atoms with Crippen LogP contribution in [0.3, 0.4) is 0 Å². The molecule has 0 aromatic carbocycles. The third-order valence-corrected chi connectivity index (χ3v) is 2.72. The standard InChI is InChI=1S/C11H18N2O3/c1-3-4-13(5-6-14)11(16)9-7-10(15)12(2)8-9/h3,9,14H,1,4-8H2,2H3. The van der Waals surface area contributed by atoms with Crippen molar-refractivity contribution in [1.82, 2.24) is 9.80 Å². The number of amides is 2. The van der Waals surface area contributed by atoms with E-state index in [-0.39, 0.29) is 30.8 Å². The Bertz CT molecular complexity index is 287. The molecule has 1 aliphatic rings. The smallest absolute Gasteiger partial charge is 0.228 e. The monoisotopic (exact) mass is 226 g/mol. The quantitative estimate of drug-likeness (QED) is 0.641. The Morgan fingerprint density at radius 1 is 1.75 bits per heavy atom. The van der Waals surface area contributed by atoms with Crippen molar-refractivity contribution in [2.45, 2.75) is 6.42 Å². The van der Waals surface area contributed by atoms with Crippen molar-refractivity contribution in [1.29, 1.82) is 0 Å². The van der Waals surface area contributed by atoms with E-state index in [1.54, 1.807) is 18.0 Å². The molecule has 0 spiro atoms. The lowest BCUT2D eigenvalue weighted by Gasteiger charge is -2.23. The zero-order valence-corrected chi connectivity index (χ0v) is 9.56.